The van der Waals surface area contributed by atoms with Crippen LogP contribution in [0.2, 0.25) is 0 Å². The fourth-order valence-corrected chi connectivity index (χ4v) is 2.24. The molecule has 2 rings (SSSR count). The standard InChI is InChI=1S/C11H5Br2N3O/c12-7-1-2-10(9(13)5-7)17-11-15-4-3-8(6-14)16-11/h1-5H. The Kier molecular flexibility index (Phi) is 3.71. The van der Waals surface area contributed by atoms with E-state index in [-0.39, 0.29) is 11.7 Å². The third kappa shape index (κ3) is 3.02. The van der Waals surface area contributed by atoms with Crippen LogP contribution in [0.3, 0.4) is 0 Å². The maximum Gasteiger partial charge on any atom is 0.323 e. The number of hydrogen-bond donors (Lipinski definition) is 0. The molecular formula is C11H5Br2N3O. The molecule has 0 saturated heterocycles. The summed E-state index contributed by atoms with van der Waals surface area (Å²) < 4.78 is 7.18. The van der Waals surface area contributed by atoms with E-state index in [1.54, 1.807) is 6.07 Å². The van der Waals surface area contributed by atoms with Gasteiger partial charge in [-0.1, -0.05) is 15.9 Å². The van der Waals surface area contributed by atoms with Crippen LogP contribution in [0.5, 0.6) is 11.8 Å². The fraction of sp³-hybridized carbons (Fsp3) is 0. The van der Waals surface area contributed by atoms with Crippen molar-refractivity contribution in [3.63, 3.8) is 0 Å². The first kappa shape index (κ1) is 12.0. The van der Waals surface area contributed by atoms with Gasteiger partial charge in [-0.15, -0.1) is 0 Å². The molecule has 1 heterocycles. The maximum atomic E-state index is 8.71. The van der Waals surface area contributed by atoms with Crippen molar-refractivity contribution in [2.45, 2.75) is 0 Å². The minimum atomic E-state index is 0.145. The van der Waals surface area contributed by atoms with Gasteiger partial charge < -0.3 is 4.74 Å². The zero-order valence-corrected chi connectivity index (χ0v) is 11.6. The van der Waals surface area contributed by atoms with Gasteiger partial charge in [0.25, 0.3) is 0 Å². The van der Waals surface area contributed by atoms with Crippen LogP contribution in [-0.4, -0.2) is 9.97 Å². The van der Waals surface area contributed by atoms with Crippen molar-refractivity contribution in [3.05, 3.63) is 45.1 Å². The third-order valence-electron chi connectivity index (χ3n) is 1.84. The minimum Gasteiger partial charge on any atom is -0.423 e. The Labute approximate surface area is 115 Å². The largest absolute Gasteiger partial charge is 0.423 e. The van der Waals surface area contributed by atoms with Crippen molar-refractivity contribution in [2.75, 3.05) is 0 Å². The predicted molar refractivity (Wildman–Crippen MR) is 68.7 cm³/mol. The summed E-state index contributed by atoms with van der Waals surface area (Å²) in [6, 6.07) is 9.06. The molecule has 0 atom stereocenters. The zero-order valence-electron chi connectivity index (χ0n) is 8.39. The van der Waals surface area contributed by atoms with E-state index in [4.69, 9.17) is 10.00 Å². The second kappa shape index (κ2) is 5.25. The van der Waals surface area contributed by atoms with Crippen LogP contribution in [0.4, 0.5) is 0 Å². The number of nitriles is 1. The third-order valence-corrected chi connectivity index (χ3v) is 2.96. The molecule has 0 N–H and O–H groups in total. The SMILES string of the molecule is N#Cc1ccnc(Oc2ccc(Br)cc2Br)n1. The molecule has 4 nitrogen and oxygen atoms in total. The first-order valence-corrected chi connectivity index (χ1v) is 6.13. The topological polar surface area (TPSA) is 58.8 Å². The molecular weight excluding hydrogens is 350 g/mol. The van der Waals surface area contributed by atoms with Gasteiger partial charge in [-0.2, -0.15) is 10.2 Å². The first-order valence-electron chi connectivity index (χ1n) is 4.55. The number of ether oxygens (including phenoxy) is 1. The summed E-state index contributed by atoms with van der Waals surface area (Å²) in [5, 5.41) is 8.71. The Balaban J connectivity index is 2.28. The zero-order chi connectivity index (χ0) is 12.3. The smallest absolute Gasteiger partial charge is 0.323 e. The highest BCUT2D eigenvalue weighted by Gasteiger charge is 2.06. The lowest BCUT2D eigenvalue weighted by Gasteiger charge is -2.05. The summed E-state index contributed by atoms with van der Waals surface area (Å²) in [5.41, 5.74) is 0.267. The molecule has 17 heavy (non-hydrogen) atoms. The number of aromatic nitrogens is 2. The van der Waals surface area contributed by atoms with E-state index >= 15 is 0 Å². The average Bonchev–Trinajstić information content (AvgIpc) is 2.33. The molecule has 0 aliphatic rings. The average molecular weight is 355 g/mol. The van der Waals surface area contributed by atoms with Crippen LogP contribution in [0.15, 0.2) is 39.4 Å². The lowest BCUT2D eigenvalue weighted by Crippen LogP contribution is -1.93. The molecule has 84 valence electrons. The van der Waals surface area contributed by atoms with Crippen molar-refractivity contribution in [1.29, 1.82) is 5.26 Å². The van der Waals surface area contributed by atoms with E-state index in [9.17, 15) is 0 Å². The first-order chi connectivity index (χ1) is 8.19. The van der Waals surface area contributed by atoms with Crippen LogP contribution in [0.1, 0.15) is 5.69 Å². The summed E-state index contributed by atoms with van der Waals surface area (Å²) in [7, 11) is 0. The lowest BCUT2D eigenvalue weighted by atomic mass is 10.3. The normalized spacial score (nSPS) is 9.71. The van der Waals surface area contributed by atoms with E-state index in [1.807, 2.05) is 18.2 Å². The predicted octanol–water partition coefficient (Wildman–Crippen LogP) is 3.67. The number of rotatable bonds is 2. The molecule has 0 spiro atoms. The monoisotopic (exact) mass is 353 g/mol. The van der Waals surface area contributed by atoms with Crippen LogP contribution < -0.4 is 4.74 Å². The van der Waals surface area contributed by atoms with Gasteiger partial charge in [0, 0.05) is 10.7 Å². The second-order valence-corrected chi connectivity index (χ2v) is 4.78. The van der Waals surface area contributed by atoms with Crippen LogP contribution >= 0.6 is 31.9 Å². The maximum absolute atomic E-state index is 8.71. The van der Waals surface area contributed by atoms with Crippen molar-refractivity contribution >= 4 is 31.9 Å². The summed E-state index contributed by atoms with van der Waals surface area (Å²) in [6.45, 7) is 0. The van der Waals surface area contributed by atoms with Gasteiger partial charge in [0.1, 0.15) is 17.5 Å². The summed E-state index contributed by atoms with van der Waals surface area (Å²) in [4.78, 5) is 7.85. The van der Waals surface area contributed by atoms with Crippen molar-refractivity contribution in [1.82, 2.24) is 9.97 Å². The summed E-state index contributed by atoms with van der Waals surface area (Å²) in [6.07, 6.45) is 1.48. The highest BCUT2D eigenvalue weighted by atomic mass is 79.9. The lowest BCUT2D eigenvalue weighted by molar-refractivity contribution is 0.438. The quantitative estimate of drug-likeness (QED) is 0.825. The number of benzene rings is 1. The highest BCUT2D eigenvalue weighted by molar-refractivity contribution is 9.11. The highest BCUT2D eigenvalue weighted by Crippen LogP contribution is 2.30. The van der Waals surface area contributed by atoms with E-state index in [2.05, 4.69) is 41.8 Å². The van der Waals surface area contributed by atoms with Crippen LogP contribution in [-0.2, 0) is 0 Å². The van der Waals surface area contributed by atoms with Crippen LogP contribution in [0, 0.1) is 11.3 Å². The second-order valence-electron chi connectivity index (χ2n) is 3.01. The Morgan fingerprint density at radius 3 is 2.76 bits per heavy atom. The van der Waals surface area contributed by atoms with E-state index in [1.165, 1.54) is 12.3 Å². The molecule has 0 radical (unpaired) electrons. The Bertz CT molecular complexity index is 596. The minimum absolute atomic E-state index is 0.145. The molecule has 0 aliphatic carbocycles. The van der Waals surface area contributed by atoms with Gasteiger partial charge in [-0.25, -0.2) is 4.98 Å². The molecule has 2 aromatic rings. The Morgan fingerprint density at radius 2 is 2.06 bits per heavy atom. The van der Waals surface area contributed by atoms with Gasteiger partial charge in [0.2, 0.25) is 0 Å². The summed E-state index contributed by atoms with van der Waals surface area (Å²) in [5.74, 6) is 0.586. The number of hydrogen-bond acceptors (Lipinski definition) is 4. The van der Waals surface area contributed by atoms with Gasteiger partial charge >= 0.3 is 6.01 Å². The molecule has 0 saturated carbocycles. The van der Waals surface area contributed by atoms with Gasteiger partial charge in [-0.05, 0) is 40.2 Å². The summed E-state index contributed by atoms with van der Waals surface area (Å²) >= 11 is 6.71. The van der Waals surface area contributed by atoms with Crippen molar-refractivity contribution in [2.24, 2.45) is 0 Å². The Morgan fingerprint density at radius 1 is 1.24 bits per heavy atom. The van der Waals surface area contributed by atoms with Gasteiger partial charge in [-0.3, -0.25) is 0 Å². The molecule has 0 aliphatic heterocycles. The van der Waals surface area contributed by atoms with E-state index < -0.39 is 0 Å². The van der Waals surface area contributed by atoms with E-state index in [0.717, 1.165) is 8.95 Å². The molecule has 0 fully saturated rings. The molecule has 0 bridgehead atoms. The molecule has 1 aromatic heterocycles. The molecule has 0 unspecified atom stereocenters. The van der Waals surface area contributed by atoms with Crippen molar-refractivity contribution in [3.8, 4) is 17.8 Å². The molecule has 6 heteroatoms. The fourth-order valence-electron chi connectivity index (χ4n) is 1.11. The van der Waals surface area contributed by atoms with Gasteiger partial charge in [0.05, 0.1) is 4.47 Å². The number of nitrogens with zero attached hydrogens (tertiary/aromatic N) is 3. The van der Waals surface area contributed by atoms with Gasteiger partial charge in [0.15, 0.2) is 0 Å². The van der Waals surface area contributed by atoms with Crippen LogP contribution in [0.25, 0.3) is 0 Å². The van der Waals surface area contributed by atoms with Crippen molar-refractivity contribution < 1.29 is 4.74 Å². The molecule has 1 aromatic carbocycles. The molecule has 0 amide bonds. The Hall–Kier alpha value is -1.45. The number of halogens is 2. The van der Waals surface area contributed by atoms with E-state index in [0.29, 0.717) is 5.75 Å².